The van der Waals surface area contributed by atoms with Gasteiger partial charge in [-0.05, 0) is 67.9 Å². The van der Waals surface area contributed by atoms with E-state index < -0.39 is 24.0 Å². The van der Waals surface area contributed by atoms with E-state index in [1.165, 1.54) is 0 Å². The molecule has 2 bridgehead atoms. The third-order valence-corrected chi connectivity index (χ3v) is 8.69. The Morgan fingerprint density at radius 2 is 1.78 bits per heavy atom. The minimum Gasteiger partial charge on any atom is -0.465 e. The first kappa shape index (κ1) is 23.9. The fraction of sp³-hybridized carbons (Fsp3) is 0.552. The second kappa shape index (κ2) is 9.14. The summed E-state index contributed by atoms with van der Waals surface area (Å²) in [5, 5.41) is 2.92. The van der Waals surface area contributed by atoms with Crippen molar-refractivity contribution in [2.75, 3.05) is 5.32 Å². The van der Waals surface area contributed by atoms with E-state index in [4.69, 9.17) is 24.0 Å². The predicted molar refractivity (Wildman–Crippen MR) is 133 cm³/mol. The molecule has 4 heterocycles. The summed E-state index contributed by atoms with van der Waals surface area (Å²) in [7, 11) is 0. The monoisotopic (exact) mass is 493 g/mol. The molecule has 5 aliphatic rings. The number of amides is 1. The third-order valence-electron chi connectivity index (χ3n) is 8.69. The van der Waals surface area contributed by atoms with E-state index in [1.807, 2.05) is 61.5 Å². The highest BCUT2D eigenvalue weighted by Gasteiger charge is 2.69. The van der Waals surface area contributed by atoms with Crippen molar-refractivity contribution in [2.45, 2.75) is 76.8 Å². The van der Waals surface area contributed by atoms with Crippen LogP contribution in [-0.4, -0.2) is 29.9 Å². The lowest BCUT2D eigenvalue weighted by molar-refractivity contribution is -0.575. The number of carbonyl (C=O) groups is 1. The highest BCUT2D eigenvalue weighted by atomic mass is 17.3. The fourth-order valence-electron chi connectivity index (χ4n) is 6.74. The molecule has 1 spiro atoms. The molecule has 4 aliphatic heterocycles. The highest BCUT2D eigenvalue weighted by molar-refractivity contribution is 5.92. The number of para-hydroxylation sites is 1. The van der Waals surface area contributed by atoms with Crippen molar-refractivity contribution in [2.24, 2.45) is 23.7 Å². The van der Waals surface area contributed by atoms with Gasteiger partial charge in [-0.1, -0.05) is 44.2 Å². The summed E-state index contributed by atoms with van der Waals surface area (Å²) in [6, 6.07) is 17.1. The van der Waals surface area contributed by atoms with Gasteiger partial charge in [-0.2, -0.15) is 0 Å². The number of ether oxygens (including phenoxy) is 3. The Hall–Kier alpha value is -2.45. The van der Waals surface area contributed by atoms with Crippen LogP contribution >= 0.6 is 0 Å². The van der Waals surface area contributed by atoms with E-state index >= 15 is 0 Å². The van der Waals surface area contributed by atoms with Crippen LogP contribution < -0.4 is 10.1 Å². The van der Waals surface area contributed by atoms with Gasteiger partial charge in [0.1, 0.15) is 5.75 Å². The lowest BCUT2D eigenvalue weighted by Gasteiger charge is -2.60. The van der Waals surface area contributed by atoms with Gasteiger partial charge in [-0.3, -0.25) is 4.79 Å². The van der Waals surface area contributed by atoms with Crippen LogP contribution in [0.2, 0.25) is 0 Å². The first-order valence-electron chi connectivity index (χ1n) is 13.2. The normalized spacial score (nSPS) is 39.1. The van der Waals surface area contributed by atoms with Crippen LogP contribution in [0.5, 0.6) is 5.75 Å². The van der Waals surface area contributed by atoms with Gasteiger partial charge in [0.15, 0.2) is 11.9 Å². The zero-order valence-corrected chi connectivity index (χ0v) is 21.1. The average Bonchev–Trinajstić information content (AvgIpc) is 3.10. The molecule has 7 rings (SSSR count). The van der Waals surface area contributed by atoms with Crippen molar-refractivity contribution in [1.29, 1.82) is 0 Å². The van der Waals surface area contributed by atoms with Crippen LogP contribution in [-0.2, 0) is 30.5 Å². The first-order valence-corrected chi connectivity index (χ1v) is 13.2. The number of fused-ring (bicyclic) bond motifs is 2. The molecule has 2 aromatic rings. The topological polar surface area (TPSA) is 75.3 Å². The van der Waals surface area contributed by atoms with E-state index in [1.54, 1.807) is 0 Å². The zero-order chi connectivity index (χ0) is 24.9. The Balaban J connectivity index is 1.15. The molecule has 1 amide bonds. The third kappa shape index (κ3) is 4.12. The van der Waals surface area contributed by atoms with Crippen molar-refractivity contribution < 1.29 is 28.8 Å². The molecule has 5 fully saturated rings. The minimum absolute atomic E-state index is 0.0539. The summed E-state index contributed by atoms with van der Waals surface area (Å²) < 4.78 is 19.3. The van der Waals surface area contributed by atoms with Crippen molar-refractivity contribution in [3.8, 4) is 5.75 Å². The van der Waals surface area contributed by atoms with Crippen molar-refractivity contribution in [3.05, 3.63) is 60.2 Å². The molecule has 0 aromatic heterocycles. The molecule has 0 radical (unpaired) electrons. The number of benzene rings is 2. The van der Waals surface area contributed by atoms with Crippen molar-refractivity contribution in [1.82, 2.24) is 0 Å². The van der Waals surface area contributed by atoms with Gasteiger partial charge in [-0.15, -0.1) is 0 Å². The Bertz CT molecular complexity index is 1090. The number of nitrogens with one attached hydrogen (secondary N) is 1. The molecule has 1 aliphatic carbocycles. The lowest BCUT2D eigenvalue weighted by Crippen LogP contribution is -2.70. The van der Waals surface area contributed by atoms with Crippen molar-refractivity contribution in [3.63, 3.8) is 0 Å². The smallest absolute Gasteiger partial charge is 0.228 e. The number of anilines is 1. The zero-order valence-electron chi connectivity index (χ0n) is 21.1. The van der Waals surface area contributed by atoms with Crippen LogP contribution in [0.4, 0.5) is 5.69 Å². The average molecular weight is 494 g/mol. The molecular weight excluding hydrogens is 458 g/mol. The number of hydrogen-bond acceptors (Lipinski definition) is 6. The Labute approximate surface area is 212 Å². The van der Waals surface area contributed by atoms with Crippen LogP contribution in [0.15, 0.2) is 54.6 Å². The largest absolute Gasteiger partial charge is 0.465 e. The number of rotatable bonds is 5. The van der Waals surface area contributed by atoms with Gasteiger partial charge in [-0.25, -0.2) is 9.78 Å². The van der Waals surface area contributed by atoms with Crippen LogP contribution in [0.25, 0.3) is 0 Å². The second-order valence-corrected chi connectivity index (χ2v) is 11.1. The molecule has 2 aromatic carbocycles. The molecular formula is C29H35NO6. The quantitative estimate of drug-likeness (QED) is 0.558. The summed E-state index contributed by atoms with van der Waals surface area (Å²) in [5.74, 6) is 1.02. The van der Waals surface area contributed by atoms with Crippen LogP contribution in [0.3, 0.4) is 0 Å². The van der Waals surface area contributed by atoms with E-state index in [9.17, 15) is 4.79 Å². The number of carbonyl (C=O) groups excluding carboxylic acids is 1. The minimum atomic E-state index is -0.801. The lowest BCUT2D eigenvalue weighted by atomic mass is 9.58. The SMILES string of the molecule is C[C@H]1[C@@H](Oc2ccc(CC(=O)Nc3ccccc3)cc2)O[C@@H]2O[C@]3(C)CC[C@@H]4[C@H](C)CC[C@@H]1[C@@]24OO3. The van der Waals surface area contributed by atoms with Crippen LogP contribution in [0.1, 0.15) is 52.0 Å². The van der Waals surface area contributed by atoms with Gasteiger partial charge in [0.2, 0.25) is 18.0 Å². The Morgan fingerprint density at radius 3 is 2.56 bits per heavy atom. The molecule has 7 heteroatoms. The maximum atomic E-state index is 12.4. The maximum Gasteiger partial charge on any atom is 0.228 e. The first-order chi connectivity index (χ1) is 17.4. The molecule has 1 N–H and O–H groups in total. The van der Waals surface area contributed by atoms with E-state index in [0.29, 0.717) is 24.0 Å². The van der Waals surface area contributed by atoms with Crippen molar-refractivity contribution >= 4 is 11.6 Å². The van der Waals surface area contributed by atoms with Gasteiger partial charge in [0.25, 0.3) is 0 Å². The Morgan fingerprint density at radius 1 is 1.00 bits per heavy atom. The Kier molecular flexibility index (Phi) is 6.07. The van der Waals surface area contributed by atoms with E-state index in [0.717, 1.165) is 36.9 Å². The van der Waals surface area contributed by atoms with E-state index in [-0.39, 0.29) is 17.7 Å². The van der Waals surface area contributed by atoms with E-state index in [2.05, 4.69) is 19.2 Å². The van der Waals surface area contributed by atoms with Crippen LogP contribution in [0, 0.1) is 23.7 Å². The van der Waals surface area contributed by atoms with Gasteiger partial charge in [0.05, 0.1) is 6.42 Å². The summed E-state index contributed by atoms with van der Waals surface area (Å²) in [4.78, 5) is 24.5. The summed E-state index contributed by atoms with van der Waals surface area (Å²) in [6.07, 6.45) is 3.28. The summed E-state index contributed by atoms with van der Waals surface area (Å²) >= 11 is 0. The predicted octanol–water partition coefficient (Wildman–Crippen LogP) is 5.45. The second-order valence-electron chi connectivity index (χ2n) is 11.1. The number of hydrogen-bond donors (Lipinski definition) is 1. The molecule has 1 saturated carbocycles. The standard InChI is InChI=1S/C29H35NO6/c1-18-9-14-24-19(2)26(33-27-29(24)23(18)15-16-28(3,34-27)35-36-29)32-22-12-10-20(11-13-22)17-25(31)30-21-7-5-4-6-8-21/h4-8,10-13,18-19,23-24,26-27H,9,14-17H2,1-3H3,(H,30,31)/t18-,19-,23-,24+,26+,27-,28+,29-/m1/s1. The maximum absolute atomic E-state index is 12.4. The fourth-order valence-corrected chi connectivity index (χ4v) is 6.74. The highest BCUT2D eigenvalue weighted by Crippen LogP contribution is 2.60. The summed E-state index contributed by atoms with van der Waals surface area (Å²) in [6.45, 7) is 6.42. The van der Waals surface area contributed by atoms with Gasteiger partial charge < -0.3 is 19.5 Å². The molecule has 0 unspecified atom stereocenters. The molecule has 36 heavy (non-hydrogen) atoms. The van der Waals surface area contributed by atoms with Gasteiger partial charge >= 0.3 is 0 Å². The molecule has 192 valence electrons. The molecule has 7 nitrogen and oxygen atoms in total. The molecule has 8 atom stereocenters. The van der Waals surface area contributed by atoms with Gasteiger partial charge in [0, 0.05) is 23.9 Å². The summed E-state index contributed by atoms with van der Waals surface area (Å²) in [5.41, 5.74) is 1.11. The molecule has 4 saturated heterocycles.